The summed E-state index contributed by atoms with van der Waals surface area (Å²) in [6.07, 6.45) is 0.383. The molecular formula is C25H30N4O3. The Balaban J connectivity index is 1.83. The molecule has 0 radical (unpaired) electrons. The van der Waals surface area contributed by atoms with E-state index in [1.54, 1.807) is 18.2 Å². The van der Waals surface area contributed by atoms with E-state index in [1.165, 1.54) is 4.57 Å². The Kier molecular flexibility index (Phi) is 7.41. The minimum atomic E-state index is -0.351. The van der Waals surface area contributed by atoms with Crippen molar-refractivity contribution >= 4 is 28.5 Å². The van der Waals surface area contributed by atoms with Crippen LogP contribution in [-0.2, 0) is 22.6 Å². The number of rotatable bonds is 8. The third-order valence-electron chi connectivity index (χ3n) is 5.02. The number of benzene rings is 2. The number of anilines is 1. The molecule has 0 saturated carbocycles. The van der Waals surface area contributed by atoms with Crippen LogP contribution in [0.3, 0.4) is 0 Å². The highest BCUT2D eigenvalue weighted by atomic mass is 16.2. The van der Waals surface area contributed by atoms with E-state index in [9.17, 15) is 14.4 Å². The molecule has 2 aromatic carbocycles. The van der Waals surface area contributed by atoms with Gasteiger partial charge in [-0.05, 0) is 55.2 Å². The van der Waals surface area contributed by atoms with Crippen molar-refractivity contribution in [2.45, 2.75) is 47.1 Å². The van der Waals surface area contributed by atoms with E-state index in [2.05, 4.69) is 15.6 Å². The van der Waals surface area contributed by atoms with Crippen molar-refractivity contribution in [2.75, 3.05) is 11.9 Å². The smallest absolute Gasteiger partial charge is 0.273 e. The maximum absolute atomic E-state index is 13.1. The molecule has 1 aromatic heterocycles. The topological polar surface area (TPSA) is 93.1 Å². The number of nitrogens with one attached hydrogen (secondary N) is 2. The van der Waals surface area contributed by atoms with Crippen molar-refractivity contribution in [3.8, 4) is 0 Å². The zero-order valence-electron chi connectivity index (χ0n) is 19.1. The van der Waals surface area contributed by atoms with Crippen LogP contribution >= 0.6 is 0 Å². The second-order valence-corrected chi connectivity index (χ2v) is 8.56. The SMILES string of the molecule is Cc1cc(C)cc(NC(=O)Cn2c(=O)c(CCC(=O)NCC(C)C)nc3ccccc32)c1. The molecule has 0 bridgehead atoms. The summed E-state index contributed by atoms with van der Waals surface area (Å²) >= 11 is 0. The van der Waals surface area contributed by atoms with Gasteiger partial charge in [-0.3, -0.25) is 19.0 Å². The van der Waals surface area contributed by atoms with E-state index >= 15 is 0 Å². The number of nitrogens with zero attached hydrogens (tertiary/aromatic N) is 2. The molecule has 0 aliphatic rings. The normalized spacial score (nSPS) is 11.0. The fourth-order valence-corrected chi connectivity index (χ4v) is 3.59. The highest BCUT2D eigenvalue weighted by Crippen LogP contribution is 2.15. The van der Waals surface area contributed by atoms with E-state index in [0.717, 1.165) is 11.1 Å². The number of carbonyl (C=O) groups excluding carboxylic acids is 2. The summed E-state index contributed by atoms with van der Waals surface area (Å²) in [5.41, 5.74) is 3.92. The fraction of sp³-hybridized carbons (Fsp3) is 0.360. The Morgan fingerprint density at radius 3 is 2.41 bits per heavy atom. The van der Waals surface area contributed by atoms with Crippen LogP contribution in [0.5, 0.6) is 0 Å². The first-order chi connectivity index (χ1) is 15.2. The molecule has 2 N–H and O–H groups in total. The zero-order chi connectivity index (χ0) is 23.3. The number of aromatic nitrogens is 2. The lowest BCUT2D eigenvalue weighted by Crippen LogP contribution is -2.32. The lowest BCUT2D eigenvalue weighted by molar-refractivity contribution is -0.121. The third-order valence-corrected chi connectivity index (χ3v) is 5.02. The van der Waals surface area contributed by atoms with Crippen molar-refractivity contribution in [2.24, 2.45) is 5.92 Å². The quantitative estimate of drug-likeness (QED) is 0.569. The molecule has 1 heterocycles. The summed E-state index contributed by atoms with van der Waals surface area (Å²) in [6, 6.07) is 13.0. The number of hydrogen-bond donors (Lipinski definition) is 2. The van der Waals surface area contributed by atoms with E-state index < -0.39 is 0 Å². The molecule has 32 heavy (non-hydrogen) atoms. The van der Waals surface area contributed by atoms with Crippen LogP contribution < -0.4 is 16.2 Å². The van der Waals surface area contributed by atoms with E-state index in [0.29, 0.717) is 29.2 Å². The maximum atomic E-state index is 13.1. The van der Waals surface area contributed by atoms with Gasteiger partial charge in [-0.15, -0.1) is 0 Å². The Labute approximate surface area is 187 Å². The Bertz CT molecular complexity index is 1180. The molecule has 0 spiro atoms. The van der Waals surface area contributed by atoms with Crippen LogP contribution in [0.1, 0.15) is 37.1 Å². The first kappa shape index (κ1) is 23.2. The molecule has 3 rings (SSSR count). The molecule has 0 saturated heterocycles. The van der Waals surface area contributed by atoms with E-state index in [1.807, 2.05) is 52.0 Å². The van der Waals surface area contributed by atoms with Crippen LogP contribution in [0.25, 0.3) is 11.0 Å². The molecule has 0 unspecified atom stereocenters. The van der Waals surface area contributed by atoms with Crippen molar-refractivity contribution in [3.05, 3.63) is 69.6 Å². The third kappa shape index (κ3) is 6.03. The van der Waals surface area contributed by atoms with Crippen molar-refractivity contribution in [1.29, 1.82) is 0 Å². The lowest BCUT2D eigenvalue weighted by atomic mass is 10.1. The summed E-state index contributed by atoms with van der Waals surface area (Å²) in [7, 11) is 0. The molecule has 7 nitrogen and oxygen atoms in total. The van der Waals surface area contributed by atoms with Crippen LogP contribution in [0, 0.1) is 19.8 Å². The maximum Gasteiger partial charge on any atom is 0.273 e. The number of fused-ring (bicyclic) bond motifs is 1. The minimum absolute atomic E-state index is 0.118. The minimum Gasteiger partial charge on any atom is -0.356 e. The largest absolute Gasteiger partial charge is 0.356 e. The number of amides is 2. The standard InChI is InChI=1S/C25H30N4O3/c1-16(2)14-26-23(30)10-9-21-25(32)29(22-8-6-5-7-20(22)28-21)15-24(31)27-19-12-17(3)11-18(4)13-19/h5-8,11-13,16H,9-10,14-15H2,1-4H3,(H,26,30)(H,27,31). The van der Waals surface area contributed by atoms with Gasteiger partial charge in [0.2, 0.25) is 11.8 Å². The Morgan fingerprint density at radius 2 is 1.72 bits per heavy atom. The number of para-hydroxylation sites is 2. The Hall–Kier alpha value is -3.48. The molecule has 2 amide bonds. The zero-order valence-corrected chi connectivity index (χ0v) is 19.1. The van der Waals surface area contributed by atoms with Gasteiger partial charge in [0, 0.05) is 25.1 Å². The van der Waals surface area contributed by atoms with Crippen molar-refractivity contribution in [1.82, 2.24) is 14.9 Å². The summed E-state index contributed by atoms with van der Waals surface area (Å²) in [5, 5.41) is 5.73. The fourth-order valence-electron chi connectivity index (χ4n) is 3.59. The molecule has 168 valence electrons. The first-order valence-electron chi connectivity index (χ1n) is 10.9. The first-order valence-corrected chi connectivity index (χ1v) is 10.9. The summed E-state index contributed by atoms with van der Waals surface area (Å²) in [4.78, 5) is 42.5. The summed E-state index contributed by atoms with van der Waals surface area (Å²) in [5.74, 6) is -0.0630. The Morgan fingerprint density at radius 1 is 1.03 bits per heavy atom. The highest BCUT2D eigenvalue weighted by molar-refractivity contribution is 5.91. The predicted molar refractivity (Wildman–Crippen MR) is 127 cm³/mol. The van der Waals surface area contributed by atoms with Crippen LogP contribution in [-0.4, -0.2) is 27.9 Å². The van der Waals surface area contributed by atoms with Crippen molar-refractivity contribution in [3.63, 3.8) is 0 Å². The average molecular weight is 435 g/mol. The van der Waals surface area contributed by atoms with Gasteiger partial charge in [-0.2, -0.15) is 0 Å². The number of hydrogen-bond acceptors (Lipinski definition) is 4. The molecule has 7 heteroatoms. The van der Waals surface area contributed by atoms with Crippen LogP contribution in [0.2, 0.25) is 0 Å². The van der Waals surface area contributed by atoms with Gasteiger partial charge in [0.15, 0.2) is 0 Å². The second-order valence-electron chi connectivity index (χ2n) is 8.56. The number of aryl methyl sites for hydroxylation is 3. The number of carbonyl (C=O) groups is 2. The molecule has 3 aromatic rings. The van der Waals surface area contributed by atoms with Gasteiger partial charge in [0.1, 0.15) is 12.2 Å². The predicted octanol–water partition coefficient (Wildman–Crippen LogP) is 3.36. The average Bonchev–Trinajstić information content (AvgIpc) is 2.72. The van der Waals surface area contributed by atoms with Crippen LogP contribution in [0.15, 0.2) is 47.3 Å². The summed E-state index contributed by atoms with van der Waals surface area (Å²) in [6.45, 7) is 8.42. The van der Waals surface area contributed by atoms with E-state index in [4.69, 9.17) is 0 Å². The van der Waals surface area contributed by atoms with Gasteiger partial charge in [-0.1, -0.05) is 32.0 Å². The molecule has 0 aliphatic carbocycles. The van der Waals surface area contributed by atoms with Gasteiger partial charge < -0.3 is 10.6 Å². The summed E-state index contributed by atoms with van der Waals surface area (Å²) < 4.78 is 1.43. The van der Waals surface area contributed by atoms with Gasteiger partial charge in [-0.25, -0.2) is 4.98 Å². The van der Waals surface area contributed by atoms with Crippen LogP contribution in [0.4, 0.5) is 5.69 Å². The molecule has 0 fully saturated rings. The molecule has 0 atom stereocenters. The van der Waals surface area contributed by atoms with Crippen molar-refractivity contribution < 1.29 is 9.59 Å². The monoisotopic (exact) mass is 434 g/mol. The van der Waals surface area contributed by atoms with E-state index in [-0.39, 0.29) is 42.5 Å². The lowest BCUT2D eigenvalue weighted by Gasteiger charge is -2.13. The second kappa shape index (κ2) is 10.2. The van der Waals surface area contributed by atoms with Gasteiger partial charge in [0.25, 0.3) is 5.56 Å². The highest BCUT2D eigenvalue weighted by Gasteiger charge is 2.15. The molecular weight excluding hydrogens is 404 g/mol. The molecule has 0 aliphatic heterocycles. The van der Waals surface area contributed by atoms with Gasteiger partial charge >= 0.3 is 0 Å². The van der Waals surface area contributed by atoms with Gasteiger partial charge in [0.05, 0.1) is 11.0 Å².